The molecule has 0 unspecified atom stereocenters. The Morgan fingerprint density at radius 2 is 1.96 bits per heavy atom. The molecule has 1 amide bonds. The molecule has 0 aliphatic rings. The van der Waals surface area contributed by atoms with Gasteiger partial charge in [-0.1, -0.05) is 35.9 Å². The Bertz CT molecular complexity index is 965. The number of amides is 1. The Morgan fingerprint density at radius 1 is 1.15 bits per heavy atom. The van der Waals surface area contributed by atoms with Crippen molar-refractivity contribution >= 4 is 40.1 Å². The highest BCUT2D eigenvalue weighted by atomic mass is 35.5. The van der Waals surface area contributed by atoms with Gasteiger partial charge in [-0.25, -0.2) is 0 Å². The SMILES string of the molecule is Cc1c(Cl)cccc1NC(=O)COC(=O)CCCc1c[nH]c2ccccc12. The molecular weight excluding hydrogens is 364 g/mol. The minimum absolute atomic E-state index is 0.267. The highest BCUT2D eigenvalue weighted by molar-refractivity contribution is 6.31. The number of ether oxygens (including phenoxy) is 1. The van der Waals surface area contributed by atoms with E-state index in [1.165, 1.54) is 10.9 Å². The zero-order valence-corrected chi connectivity index (χ0v) is 15.8. The number of hydrogen-bond donors (Lipinski definition) is 2. The molecule has 2 aromatic carbocycles. The van der Waals surface area contributed by atoms with E-state index in [9.17, 15) is 9.59 Å². The molecule has 0 saturated carbocycles. The summed E-state index contributed by atoms with van der Waals surface area (Å²) in [4.78, 5) is 27.1. The van der Waals surface area contributed by atoms with Crippen molar-refractivity contribution in [2.24, 2.45) is 0 Å². The first-order valence-corrected chi connectivity index (χ1v) is 9.18. The van der Waals surface area contributed by atoms with Crippen LogP contribution >= 0.6 is 11.6 Å². The molecule has 0 radical (unpaired) electrons. The Balaban J connectivity index is 1.42. The van der Waals surface area contributed by atoms with Crippen LogP contribution in [0.15, 0.2) is 48.7 Å². The van der Waals surface area contributed by atoms with E-state index in [-0.39, 0.29) is 24.9 Å². The largest absolute Gasteiger partial charge is 0.456 e. The number of hydrogen-bond acceptors (Lipinski definition) is 3. The zero-order chi connectivity index (χ0) is 19.2. The topological polar surface area (TPSA) is 71.2 Å². The molecule has 3 aromatic rings. The Hall–Kier alpha value is -2.79. The Morgan fingerprint density at radius 3 is 2.81 bits per heavy atom. The van der Waals surface area contributed by atoms with Gasteiger partial charge in [0.25, 0.3) is 5.91 Å². The van der Waals surface area contributed by atoms with Crippen molar-refractivity contribution in [2.75, 3.05) is 11.9 Å². The summed E-state index contributed by atoms with van der Waals surface area (Å²) in [7, 11) is 0. The fourth-order valence-electron chi connectivity index (χ4n) is 2.91. The molecule has 27 heavy (non-hydrogen) atoms. The van der Waals surface area contributed by atoms with Crippen molar-refractivity contribution in [2.45, 2.75) is 26.2 Å². The second-order valence-electron chi connectivity index (χ2n) is 6.33. The van der Waals surface area contributed by atoms with Crippen molar-refractivity contribution in [1.29, 1.82) is 0 Å². The number of para-hydroxylation sites is 1. The van der Waals surface area contributed by atoms with Crippen LogP contribution in [0.2, 0.25) is 5.02 Å². The maximum atomic E-state index is 12.0. The zero-order valence-electron chi connectivity index (χ0n) is 15.0. The molecule has 0 aliphatic heterocycles. The first-order chi connectivity index (χ1) is 13.0. The molecule has 0 bridgehead atoms. The van der Waals surface area contributed by atoms with E-state index in [0.29, 0.717) is 17.1 Å². The van der Waals surface area contributed by atoms with Gasteiger partial charge in [-0.3, -0.25) is 9.59 Å². The van der Waals surface area contributed by atoms with Gasteiger partial charge in [0.1, 0.15) is 0 Å². The van der Waals surface area contributed by atoms with E-state index in [0.717, 1.165) is 17.5 Å². The Labute approximate surface area is 162 Å². The monoisotopic (exact) mass is 384 g/mol. The lowest BCUT2D eigenvalue weighted by molar-refractivity contribution is -0.147. The van der Waals surface area contributed by atoms with E-state index in [1.54, 1.807) is 18.2 Å². The third kappa shape index (κ3) is 4.89. The van der Waals surface area contributed by atoms with Crippen molar-refractivity contribution in [3.8, 4) is 0 Å². The summed E-state index contributed by atoms with van der Waals surface area (Å²) < 4.78 is 5.06. The number of aryl methyl sites for hydroxylation is 1. The van der Waals surface area contributed by atoms with Crippen LogP contribution in [-0.2, 0) is 20.7 Å². The summed E-state index contributed by atoms with van der Waals surface area (Å²) in [6, 6.07) is 13.3. The van der Waals surface area contributed by atoms with Crippen molar-refractivity contribution in [3.63, 3.8) is 0 Å². The number of nitrogens with one attached hydrogen (secondary N) is 2. The van der Waals surface area contributed by atoms with E-state index >= 15 is 0 Å². The quantitative estimate of drug-likeness (QED) is 0.583. The number of rotatable bonds is 7. The minimum atomic E-state index is -0.384. The average Bonchev–Trinajstić information content (AvgIpc) is 3.07. The molecule has 0 saturated heterocycles. The number of benzene rings is 2. The second kappa shape index (κ2) is 8.73. The van der Waals surface area contributed by atoms with E-state index in [1.807, 2.05) is 31.3 Å². The minimum Gasteiger partial charge on any atom is -0.456 e. The van der Waals surface area contributed by atoms with Gasteiger partial charge in [0.2, 0.25) is 0 Å². The van der Waals surface area contributed by atoms with Gasteiger partial charge >= 0.3 is 5.97 Å². The van der Waals surface area contributed by atoms with Gasteiger partial charge in [-0.05, 0) is 49.1 Å². The number of halogens is 1. The first kappa shape index (κ1) is 19.0. The fraction of sp³-hybridized carbons (Fsp3) is 0.238. The average molecular weight is 385 g/mol. The lowest BCUT2D eigenvalue weighted by atomic mass is 10.1. The maximum Gasteiger partial charge on any atom is 0.306 e. The number of carbonyl (C=O) groups excluding carboxylic acids is 2. The highest BCUT2D eigenvalue weighted by Gasteiger charge is 2.11. The van der Waals surface area contributed by atoms with Crippen LogP contribution in [0.4, 0.5) is 5.69 Å². The summed E-state index contributed by atoms with van der Waals surface area (Å²) in [5.74, 6) is -0.766. The van der Waals surface area contributed by atoms with Gasteiger partial charge in [0, 0.05) is 34.2 Å². The van der Waals surface area contributed by atoms with Crippen LogP contribution in [0.25, 0.3) is 10.9 Å². The molecule has 6 heteroatoms. The van der Waals surface area contributed by atoms with Gasteiger partial charge in [0.05, 0.1) is 0 Å². The lowest BCUT2D eigenvalue weighted by Crippen LogP contribution is -2.21. The van der Waals surface area contributed by atoms with Crippen LogP contribution in [0.3, 0.4) is 0 Å². The van der Waals surface area contributed by atoms with Gasteiger partial charge in [-0.2, -0.15) is 0 Å². The van der Waals surface area contributed by atoms with Crippen LogP contribution in [0, 0.1) is 6.92 Å². The van der Waals surface area contributed by atoms with Gasteiger partial charge in [0.15, 0.2) is 6.61 Å². The Kier molecular flexibility index (Phi) is 6.14. The molecule has 5 nitrogen and oxygen atoms in total. The molecule has 2 N–H and O–H groups in total. The molecule has 1 aromatic heterocycles. The van der Waals surface area contributed by atoms with E-state index in [4.69, 9.17) is 16.3 Å². The number of anilines is 1. The smallest absolute Gasteiger partial charge is 0.306 e. The summed E-state index contributed by atoms with van der Waals surface area (Å²) in [5, 5.41) is 4.44. The van der Waals surface area contributed by atoms with Gasteiger partial charge < -0.3 is 15.0 Å². The van der Waals surface area contributed by atoms with Crippen molar-refractivity contribution < 1.29 is 14.3 Å². The van der Waals surface area contributed by atoms with Crippen molar-refractivity contribution in [1.82, 2.24) is 4.98 Å². The number of fused-ring (bicyclic) bond motifs is 1. The number of carbonyl (C=O) groups is 2. The number of aromatic amines is 1. The van der Waals surface area contributed by atoms with E-state index in [2.05, 4.69) is 16.4 Å². The number of H-pyrrole nitrogens is 1. The standard InChI is InChI=1S/C21H21ClN2O3/c1-14-17(22)8-5-10-18(14)24-20(25)13-27-21(26)11-4-6-15-12-23-19-9-3-2-7-16(15)19/h2-3,5,7-10,12,23H,4,6,11,13H2,1H3,(H,24,25). The molecule has 0 aliphatic carbocycles. The molecule has 0 fully saturated rings. The number of aromatic nitrogens is 1. The molecule has 140 valence electrons. The van der Waals surface area contributed by atoms with Crippen molar-refractivity contribution in [3.05, 3.63) is 64.8 Å². The predicted octanol–water partition coefficient (Wildman–Crippen LogP) is 4.63. The summed E-state index contributed by atoms with van der Waals surface area (Å²) >= 11 is 6.02. The van der Waals surface area contributed by atoms with Gasteiger partial charge in [-0.15, -0.1) is 0 Å². The van der Waals surface area contributed by atoms with E-state index < -0.39 is 0 Å². The van der Waals surface area contributed by atoms with Crippen LogP contribution in [-0.4, -0.2) is 23.5 Å². The molecule has 0 atom stereocenters. The summed E-state index contributed by atoms with van der Waals surface area (Å²) in [5.41, 5.74) is 3.65. The third-order valence-electron chi connectivity index (χ3n) is 4.41. The lowest BCUT2D eigenvalue weighted by Gasteiger charge is -2.10. The van der Waals surface area contributed by atoms with Crippen LogP contribution < -0.4 is 5.32 Å². The molecule has 1 heterocycles. The number of esters is 1. The summed E-state index contributed by atoms with van der Waals surface area (Å²) in [6.07, 6.45) is 3.67. The molecular formula is C21H21ClN2O3. The second-order valence-corrected chi connectivity index (χ2v) is 6.74. The van der Waals surface area contributed by atoms with Crippen LogP contribution in [0.1, 0.15) is 24.0 Å². The summed E-state index contributed by atoms with van der Waals surface area (Å²) in [6.45, 7) is 1.51. The third-order valence-corrected chi connectivity index (χ3v) is 4.82. The fourth-order valence-corrected chi connectivity index (χ4v) is 3.08. The highest BCUT2D eigenvalue weighted by Crippen LogP contribution is 2.23. The normalized spacial score (nSPS) is 10.7. The van der Waals surface area contributed by atoms with Crippen LogP contribution in [0.5, 0.6) is 0 Å². The molecule has 0 spiro atoms. The molecule has 3 rings (SSSR count). The first-order valence-electron chi connectivity index (χ1n) is 8.80. The predicted molar refractivity (Wildman–Crippen MR) is 107 cm³/mol. The maximum absolute atomic E-state index is 12.0.